The average Bonchev–Trinajstić information content (AvgIpc) is 3.13. The fraction of sp³-hybridized carbons (Fsp3) is 0.417. The number of carbonyl (C=O) groups excluding carboxylic acids is 1. The molecular formula is C24H28N4OS. The van der Waals surface area contributed by atoms with Gasteiger partial charge in [-0.2, -0.15) is 16.9 Å². The predicted molar refractivity (Wildman–Crippen MR) is 123 cm³/mol. The van der Waals surface area contributed by atoms with Crippen molar-refractivity contribution in [3.05, 3.63) is 65.0 Å². The van der Waals surface area contributed by atoms with Gasteiger partial charge in [0.05, 0.1) is 0 Å². The lowest BCUT2D eigenvalue weighted by molar-refractivity contribution is 0.0764. The van der Waals surface area contributed by atoms with Gasteiger partial charge in [0.25, 0.3) is 5.91 Å². The summed E-state index contributed by atoms with van der Waals surface area (Å²) in [4.78, 5) is 15.1. The van der Waals surface area contributed by atoms with Crippen LogP contribution in [0.3, 0.4) is 0 Å². The molecule has 0 spiro atoms. The minimum absolute atomic E-state index is 0.113. The molecule has 1 aliphatic heterocycles. The summed E-state index contributed by atoms with van der Waals surface area (Å²) in [5.41, 5.74) is 4.39. The number of nitrogens with zero attached hydrogens (tertiary/aromatic N) is 3. The molecule has 0 radical (unpaired) electrons. The van der Waals surface area contributed by atoms with E-state index in [-0.39, 0.29) is 5.91 Å². The van der Waals surface area contributed by atoms with Gasteiger partial charge in [-0.25, -0.2) is 0 Å². The van der Waals surface area contributed by atoms with E-state index in [2.05, 4.69) is 52.9 Å². The van der Waals surface area contributed by atoms with E-state index in [0.29, 0.717) is 11.7 Å². The minimum Gasteiger partial charge on any atom is -0.336 e. The second-order valence-corrected chi connectivity index (χ2v) is 9.49. The first-order chi connectivity index (χ1) is 14.7. The Labute approximate surface area is 181 Å². The Morgan fingerprint density at radius 3 is 2.83 bits per heavy atom. The number of fused-ring (bicyclic) bond motifs is 2. The summed E-state index contributed by atoms with van der Waals surface area (Å²) in [6, 6.07) is 15.4. The molecule has 2 aromatic carbocycles. The highest BCUT2D eigenvalue weighted by molar-refractivity contribution is 7.99. The van der Waals surface area contributed by atoms with Crippen molar-refractivity contribution in [3.63, 3.8) is 0 Å². The first-order valence-electron chi connectivity index (χ1n) is 10.8. The quantitative estimate of drug-likeness (QED) is 0.703. The molecule has 1 amide bonds. The number of rotatable bonds is 4. The molecule has 156 valence electrons. The minimum atomic E-state index is 0.113. The van der Waals surface area contributed by atoms with Crippen LogP contribution in [0, 0.1) is 0 Å². The van der Waals surface area contributed by atoms with E-state index in [1.54, 1.807) is 0 Å². The summed E-state index contributed by atoms with van der Waals surface area (Å²) in [6.45, 7) is 2.50. The Morgan fingerprint density at radius 2 is 1.97 bits per heavy atom. The van der Waals surface area contributed by atoms with Gasteiger partial charge in [0, 0.05) is 55.5 Å². The van der Waals surface area contributed by atoms with Crippen LogP contribution in [0.2, 0.25) is 0 Å². The Morgan fingerprint density at radius 1 is 1.17 bits per heavy atom. The van der Waals surface area contributed by atoms with E-state index >= 15 is 0 Å². The molecule has 1 saturated heterocycles. The third-order valence-electron chi connectivity index (χ3n) is 6.42. The molecule has 0 bridgehead atoms. The van der Waals surface area contributed by atoms with Crippen molar-refractivity contribution in [1.82, 2.24) is 20.0 Å². The van der Waals surface area contributed by atoms with Crippen LogP contribution < -0.4 is 5.32 Å². The number of hydrogen-bond acceptors (Lipinski definition) is 4. The molecule has 0 saturated carbocycles. The zero-order chi connectivity index (χ0) is 20.5. The first kappa shape index (κ1) is 19.6. The number of benzene rings is 2. The molecule has 2 aliphatic rings. The number of nitrogens with one attached hydrogen (secondary N) is 1. The van der Waals surface area contributed by atoms with Crippen LogP contribution in [-0.4, -0.2) is 51.2 Å². The number of thioether (sulfide) groups is 1. The Bertz CT molecular complexity index is 1070. The van der Waals surface area contributed by atoms with E-state index in [1.165, 1.54) is 22.0 Å². The predicted octanol–water partition coefficient (Wildman–Crippen LogP) is 3.41. The number of carbonyl (C=O) groups is 1. The molecule has 5 rings (SSSR count). The first-order valence-corrected chi connectivity index (χ1v) is 12.0. The summed E-state index contributed by atoms with van der Waals surface area (Å²) < 4.78 is 1.93. The lowest BCUT2D eigenvalue weighted by atomic mass is 9.90. The molecule has 1 unspecified atom stereocenters. The van der Waals surface area contributed by atoms with Crippen LogP contribution in [0.4, 0.5) is 0 Å². The maximum absolute atomic E-state index is 13.1. The highest BCUT2D eigenvalue weighted by Crippen LogP contribution is 2.27. The van der Waals surface area contributed by atoms with Crippen molar-refractivity contribution in [3.8, 4) is 0 Å². The fourth-order valence-corrected chi connectivity index (χ4v) is 5.66. The van der Waals surface area contributed by atoms with Gasteiger partial charge in [-0.3, -0.25) is 9.48 Å². The summed E-state index contributed by atoms with van der Waals surface area (Å²) in [5, 5.41) is 11.0. The molecule has 5 nitrogen and oxygen atoms in total. The molecule has 6 heteroatoms. The molecule has 1 atom stereocenters. The molecule has 1 N–H and O–H groups in total. The van der Waals surface area contributed by atoms with Gasteiger partial charge < -0.3 is 10.2 Å². The third-order valence-corrected chi connectivity index (χ3v) is 7.36. The van der Waals surface area contributed by atoms with Crippen molar-refractivity contribution in [2.24, 2.45) is 7.05 Å². The Kier molecular flexibility index (Phi) is 5.52. The lowest BCUT2D eigenvalue weighted by Gasteiger charge is -2.27. The maximum atomic E-state index is 13.1. The molecule has 30 heavy (non-hydrogen) atoms. The van der Waals surface area contributed by atoms with Crippen LogP contribution >= 0.6 is 11.8 Å². The molecule has 1 aliphatic carbocycles. The third kappa shape index (κ3) is 3.74. The molecule has 1 fully saturated rings. The molecule has 1 aromatic heterocycles. The topological polar surface area (TPSA) is 50.2 Å². The van der Waals surface area contributed by atoms with Gasteiger partial charge in [0.15, 0.2) is 5.69 Å². The molecule has 3 aromatic rings. The van der Waals surface area contributed by atoms with Crippen molar-refractivity contribution in [2.75, 3.05) is 24.6 Å². The lowest BCUT2D eigenvalue weighted by Crippen LogP contribution is -2.39. The van der Waals surface area contributed by atoms with E-state index in [4.69, 9.17) is 0 Å². The van der Waals surface area contributed by atoms with E-state index in [0.717, 1.165) is 56.0 Å². The van der Waals surface area contributed by atoms with E-state index < -0.39 is 0 Å². The maximum Gasteiger partial charge on any atom is 0.274 e. The fourth-order valence-electron chi connectivity index (χ4n) is 4.75. The van der Waals surface area contributed by atoms with Crippen LogP contribution in [0.15, 0.2) is 42.5 Å². The largest absolute Gasteiger partial charge is 0.336 e. The summed E-state index contributed by atoms with van der Waals surface area (Å²) in [6.07, 6.45) is 2.91. The highest BCUT2D eigenvalue weighted by atomic mass is 32.2. The highest BCUT2D eigenvalue weighted by Gasteiger charge is 2.30. The number of aryl methyl sites for hydroxylation is 1. The Hall–Kier alpha value is -2.31. The van der Waals surface area contributed by atoms with Crippen molar-refractivity contribution < 1.29 is 4.79 Å². The SMILES string of the molecule is Cn1nc(C(=O)N2CCSCC2)c2c1CCC(NCc1cccc3ccccc13)C2. The molecule has 2 heterocycles. The van der Waals surface area contributed by atoms with Crippen LogP contribution in [0.25, 0.3) is 10.8 Å². The van der Waals surface area contributed by atoms with Crippen LogP contribution in [-0.2, 0) is 26.4 Å². The van der Waals surface area contributed by atoms with Gasteiger partial charge >= 0.3 is 0 Å². The van der Waals surface area contributed by atoms with E-state index in [9.17, 15) is 4.79 Å². The summed E-state index contributed by atoms with van der Waals surface area (Å²) in [5.74, 6) is 2.16. The number of hydrogen-bond donors (Lipinski definition) is 1. The standard InChI is InChI=1S/C24H28N4OS/c1-27-22-10-9-19(25-16-18-7-4-6-17-5-2-3-8-20(17)18)15-21(22)23(26-27)24(29)28-11-13-30-14-12-28/h2-8,19,25H,9-16H2,1H3. The van der Waals surface area contributed by atoms with E-state index in [1.807, 2.05) is 28.4 Å². The van der Waals surface area contributed by atoms with Crippen molar-refractivity contribution in [2.45, 2.75) is 31.8 Å². The summed E-state index contributed by atoms with van der Waals surface area (Å²) in [7, 11) is 1.98. The second kappa shape index (κ2) is 8.44. The second-order valence-electron chi connectivity index (χ2n) is 8.26. The van der Waals surface area contributed by atoms with Crippen molar-refractivity contribution in [1.29, 1.82) is 0 Å². The molecular weight excluding hydrogens is 392 g/mol. The van der Waals surface area contributed by atoms with Gasteiger partial charge in [0.1, 0.15) is 0 Å². The van der Waals surface area contributed by atoms with Gasteiger partial charge in [-0.1, -0.05) is 42.5 Å². The number of amides is 1. The van der Waals surface area contributed by atoms with Crippen LogP contribution in [0.1, 0.15) is 33.7 Å². The Balaban J connectivity index is 1.32. The zero-order valence-electron chi connectivity index (χ0n) is 17.4. The van der Waals surface area contributed by atoms with Gasteiger partial charge in [-0.05, 0) is 35.6 Å². The van der Waals surface area contributed by atoms with Crippen molar-refractivity contribution >= 4 is 28.4 Å². The van der Waals surface area contributed by atoms with Gasteiger partial charge in [-0.15, -0.1) is 0 Å². The average molecular weight is 421 g/mol. The zero-order valence-corrected chi connectivity index (χ0v) is 18.3. The summed E-state index contributed by atoms with van der Waals surface area (Å²) >= 11 is 1.92. The number of aromatic nitrogens is 2. The monoisotopic (exact) mass is 420 g/mol. The van der Waals surface area contributed by atoms with Crippen LogP contribution in [0.5, 0.6) is 0 Å². The normalized spacial score (nSPS) is 19.1. The smallest absolute Gasteiger partial charge is 0.274 e. The van der Waals surface area contributed by atoms with Gasteiger partial charge in [0.2, 0.25) is 0 Å².